The molecule has 25 heavy (non-hydrogen) atoms. The summed E-state index contributed by atoms with van der Waals surface area (Å²) in [5, 5.41) is 12.1. The Balaban J connectivity index is 0.00000182. The van der Waals surface area contributed by atoms with Crippen LogP contribution < -0.4 is 10.6 Å². The molecule has 1 unspecified atom stereocenters. The maximum atomic E-state index is 12.5. The van der Waals surface area contributed by atoms with Crippen molar-refractivity contribution in [2.75, 3.05) is 13.1 Å². The summed E-state index contributed by atoms with van der Waals surface area (Å²) in [5.41, 5.74) is 2.18. The van der Waals surface area contributed by atoms with Crippen molar-refractivity contribution in [1.29, 1.82) is 0 Å². The third-order valence-corrected chi connectivity index (χ3v) is 5.55. The van der Waals surface area contributed by atoms with E-state index in [1.165, 1.54) is 16.9 Å². The van der Waals surface area contributed by atoms with Crippen LogP contribution in [0.25, 0.3) is 10.2 Å². The Labute approximate surface area is 156 Å². The van der Waals surface area contributed by atoms with Crippen LogP contribution in [0.5, 0.6) is 0 Å². The topological polar surface area (TPSA) is 59.0 Å². The Morgan fingerprint density at radius 2 is 2.20 bits per heavy atom. The summed E-state index contributed by atoms with van der Waals surface area (Å²) in [5.74, 6) is 0.0237. The van der Waals surface area contributed by atoms with E-state index in [1.54, 1.807) is 0 Å². The van der Waals surface area contributed by atoms with E-state index in [0.717, 1.165) is 46.8 Å². The van der Waals surface area contributed by atoms with Gasteiger partial charge in [0.25, 0.3) is 5.91 Å². The van der Waals surface area contributed by atoms with Gasteiger partial charge in [0.15, 0.2) is 0 Å². The highest BCUT2D eigenvalue weighted by Crippen LogP contribution is 2.29. The molecule has 0 radical (unpaired) electrons. The zero-order chi connectivity index (χ0) is 16.5. The van der Waals surface area contributed by atoms with Crippen molar-refractivity contribution < 1.29 is 4.79 Å². The molecule has 1 aromatic carbocycles. The zero-order valence-corrected chi connectivity index (χ0v) is 15.6. The Morgan fingerprint density at radius 1 is 1.40 bits per heavy atom. The number of rotatable bonds is 4. The molecule has 1 saturated heterocycles. The van der Waals surface area contributed by atoms with Crippen molar-refractivity contribution in [1.82, 2.24) is 20.4 Å². The maximum absolute atomic E-state index is 12.5. The molecule has 1 amide bonds. The van der Waals surface area contributed by atoms with E-state index in [9.17, 15) is 4.79 Å². The molecule has 2 N–H and O–H groups in total. The van der Waals surface area contributed by atoms with Gasteiger partial charge in [0, 0.05) is 18.0 Å². The van der Waals surface area contributed by atoms with Gasteiger partial charge in [0.2, 0.25) is 0 Å². The number of carbonyl (C=O) groups excluding carboxylic acids is 1. The third kappa shape index (κ3) is 3.71. The van der Waals surface area contributed by atoms with E-state index in [0.29, 0.717) is 0 Å². The average molecular weight is 377 g/mol. The molecule has 0 spiro atoms. The average Bonchev–Trinajstić information content (AvgIpc) is 3.29. The molecule has 1 atom stereocenters. The minimum atomic E-state index is 0. The molecule has 3 heterocycles. The first-order valence-corrected chi connectivity index (χ1v) is 9.05. The summed E-state index contributed by atoms with van der Waals surface area (Å²) in [6, 6.07) is 12.5. The van der Waals surface area contributed by atoms with E-state index in [1.807, 2.05) is 35.9 Å². The summed E-state index contributed by atoms with van der Waals surface area (Å²) in [6.07, 6.45) is 0.997. The molecule has 1 fully saturated rings. The van der Waals surface area contributed by atoms with Gasteiger partial charge < -0.3 is 10.6 Å². The van der Waals surface area contributed by atoms with Crippen molar-refractivity contribution in [3.05, 3.63) is 52.5 Å². The van der Waals surface area contributed by atoms with E-state index < -0.39 is 0 Å². The van der Waals surface area contributed by atoms with Crippen molar-refractivity contribution >= 4 is 39.9 Å². The predicted octanol–water partition coefficient (Wildman–Crippen LogP) is 2.97. The lowest BCUT2D eigenvalue weighted by molar-refractivity contribution is 0.0944. The number of benzene rings is 1. The number of thiophene rings is 1. The number of halogens is 1. The monoisotopic (exact) mass is 376 g/mol. The smallest absolute Gasteiger partial charge is 0.261 e. The summed E-state index contributed by atoms with van der Waals surface area (Å²) in [4.78, 5) is 14.3. The number of aryl methyl sites for hydroxylation is 1. The first-order chi connectivity index (χ1) is 11.7. The minimum Gasteiger partial charge on any atom is -0.347 e. The van der Waals surface area contributed by atoms with Gasteiger partial charge >= 0.3 is 0 Å². The van der Waals surface area contributed by atoms with Crippen LogP contribution in [0.1, 0.15) is 27.3 Å². The Hall–Kier alpha value is -1.89. The number of fused-ring (bicyclic) bond motifs is 1. The van der Waals surface area contributed by atoms with Crippen molar-refractivity contribution in [3.63, 3.8) is 0 Å². The molecule has 4 rings (SSSR count). The summed E-state index contributed by atoms with van der Waals surface area (Å²) >= 11 is 1.52. The number of hydrogen-bond donors (Lipinski definition) is 2. The van der Waals surface area contributed by atoms with Crippen LogP contribution in [0.15, 0.2) is 36.4 Å². The summed E-state index contributed by atoms with van der Waals surface area (Å²) in [7, 11) is 0. The van der Waals surface area contributed by atoms with Crippen LogP contribution in [0, 0.1) is 6.92 Å². The Morgan fingerprint density at radius 3 is 2.92 bits per heavy atom. The fourth-order valence-electron chi connectivity index (χ4n) is 3.12. The number of nitrogens with one attached hydrogen (secondary N) is 2. The highest BCUT2D eigenvalue weighted by Gasteiger charge is 2.20. The van der Waals surface area contributed by atoms with Gasteiger partial charge in [-0.25, -0.2) is 0 Å². The second-order valence-corrected chi connectivity index (χ2v) is 7.25. The second-order valence-electron chi connectivity index (χ2n) is 6.22. The number of hydrogen-bond acceptors (Lipinski definition) is 4. The van der Waals surface area contributed by atoms with Gasteiger partial charge in [0.1, 0.15) is 4.83 Å². The number of amides is 1. The number of carbonyl (C=O) groups is 1. The first-order valence-electron chi connectivity index (χ1n) is 8.23. The SMILES string of the molecule is Cc1nn(Cc2ccccc2)c2sc(C(=O)NC3CCNC3)cc12.Cl. The first kappa shape index (κ1) is 17.9. The molecule has 2 aromatic heterocycles. The fraction of sp³-hybridized carbons (Fsp3) is 0.333. The molecule has 7 heteroatoms. The molecule has 1 aliphatic rings. The summed E-state index contributed by atoms with van der Waals surface area (Å²) < 4.78 is 2.00. The van der Waals surface area contributed by atoms with Crippen LogP contribution in [0.4, 0.5) is 0 Å². The van der Waals surface area contributed by atoms with Crippen LogP contribution in [-0.4, -0.2) is 34.8 Å². The second kappa shape index (κ2) is 7.56. The third-order valence-electron chi connectivity index (χ3n) is 4.40. The molecule has 1 aliphatic heterocycles. The summed E-state index contributed by atoms with van der Waals surface area (Å²) in [6.45, 7) is 4.55. The van der Waals surface area contributed by atoms with Gasteiger partial charge in [-0.05, 0) is 31.5 Å². The predicted molar refractivity (Wildman–Crippen MR) is 104 cm³/mol. The Bertz CT molecular complexity index is 868. The molecule has 0 aliphatic carbocycles. The lowest BCUT2D eigenvalue weighted by Gasteiger charge is -2.09. The van der Waals surface area contributed by atoms with Crippen LogP contribution in [0.2, 0.25) is 0 Å². The quantitative estimate of drug-likeness (QED) is 0.736. The molecule has 0 saturated carbocycles. The van der Waals surface area contributed by atoms with E-state index in [2.05, 4.69) is 27.9 Å². The fourth-order valence-corrected chi connectivity index (χ4v) is 4.19. The highest BCUT2D eigenvalue weighted by atomic mass is 35.5. The van der Waals surface area contributed by atoms with Gasteiger partial charge in [-0.1, -0.05) is 30.3 Å². The standard InChI is InChI=1S/C18H20N4OS.ClH/c1-12-15-9-16(17(23)20-14-7-8-19-10-14)24-18(15)22(21-12)11-13-5-3-2-4-6-13;/h2-6,9,14,19H,7-8,10-11H2,1H3,(H,20,23);1H. The van der Waals surface area contributed by atoms with Gasteiger partial charge in [0.05, 0.1) is 17.1 Å². The normalized spacial score (nSPS) is 16.8. The minimum absolute atomic E-state index is 0. The number of aromatic nitrogens is 2. The van der Waals surface area contributed by atoms with Crippen molar-refractivity contribution in [2.45, 2.75) is 25.9 Å². The lowest BCUT2D eigenvalue weighted by Crippen LogP contribution is -2.35. The maximum Gasteiger partial charge on any atom is 0.261 e. The molecule has 3 aromatic rings. The van der Waals surface area contributed by atoms with Gasteiger partial charge in [-0.3, -0.25) is 9.48 Å². The molecule has 132 valence electrons. The molecular weight excluding hydrogens is 356 g/mol. The van der Waals surface area contributed by atoms with E-state index in [4.69, 9.17) is 0 Å². The van der Waals surface area contributed by atoms with Crippen LogP contribution in [0.3, 0.4) is 0 Å². The van der Waals surface area contributed by atoms with E-state index in [-0.39, 0.29) is 24.4 Å². The van der Waals surface area contributed by atoms with E-state index >= 15 is 0 Å². The largest absolute Gasteiger partial charge is 0.347 e. The molecule has 0 bridgehead atoms. The molecule has 5 nitrogen and oxygen atoms in total. The lowest BCUT2D eigenvalue weighted by atomic mass is 10.2. The Kier molecular flexibility index (Phi) is 5.42. The van der Waals surface area contributed by atoms with Crippen molar-refractivity contribution in [2.24, 2.45) is 0 Å². The van der Waals surface area contributed by atoms with Crippen molar-refractivity contribution in [3.8, 4) is 0 Å². The highest BCUT2D eigenvalue weighted by molar-refractivity contribution is 7.20. The number of nitrogens with zero attached hydrogens (tertiary/aromatic N) is 2. The molecular formula is C18H21ClN4OS. The van der Waals surface area contributed by atoms with Crippen LogP contribution in [-0.2, 0) is 6.54 Å². The van der Waals surface area contributed by atoms with Crippen LogP contribution >= 0.6 is 23.7 Å². The zero-order valence-electron chi connectivity index (χ0n) is 14.0. The van der Waals surface area contributed by atoms with Gasteiger partial charge in [-0.2, -0.15) is 5.10 Å². The van der Waals surface area contributed by atoms with Gasteiger partial charge in [-0.15, -0.1) is 23.7 Å².